The quantitative estimate of drug-likeness (QED) is 0.0919. The Morgan fingerprint density at radius 3 is 1.19 bits per heavy atom. The molecule has 0 aromatic heterocycles. The van der Waals surface area contributed by atoms with Crippen LogP contribution in [0.1, 0.15) is 86.1 Å². The van der Waals surface area contributed by atoms with Gasteiger partial charge in [-0.05, 0) is 58.4 Å². The molecule has 1 heterocycles. The molecule has 0 spiro atoms. The number of rotatable bonds is 2. The first kappa shape index (κ1) is 56.7. The molecular weight excluding hydrogens is 1090 g/mol. The van der Waals surface area contributed by atoms with E-state index in [1.807, 2.05) is 85.7 Å². The number of fused-ring (bicyclic) bond motifs is 5. The van der Waals surface area contributed by atoms with Crippen LogP contribution in [0.2, 0.25) is 0 Å². The molecule has 0 amide bonds. The Labute approximate surface area is 431 Å². The van der Waals surface area contributed by atoms with Gasteiger partial charge in [-0.3, -0.25) is 0 Å². The van der Waals surface area contributed by atoms with Gasteiger partial charge in [0, 0.05) is 0 Å². The van der Waals surface area contributed by atoms with E-state index in [4.69, 9.17) is 17.0 Å². The molecule has 1 aliphatic heterocycles. The Balaban J connectivity index is 0.000000181. The summed E-state index contributed by atoms with van der Waals surface area (Å²) in [6.45, 7) is 15.0. The first-order valence-corrected chi connectivity index (χ1v) is 29.4. The van der Waals surface area contributed by atoms with Gasteiger partial charge in [0.1, 0.15) is 0 Å². The summed E-state index contributed by atoms with van der Waals surface area (Å²) in [4.78, 5) is 0. The maximum absolute atomic E-state index is 13.3. The molecule has 0 saturated heterocycles. The molecule has 0 nitrogen and oxygen atoms in total. The van der Waals surface area contributed by atoms with Crippen molar-refractivity contribution < 1.29 is 73.5 Å². The molecule has 0 N–H and O–H groups in total. The van der Waals surface area contributed by atoms with Crippen molar-refractivity contribution >= 4 is 58.5 Å². The summed E-state index contributed by atoms with van der Waals surface area (Å²) in [5, 5.41) is 5.69. The smallest absolute Gasteiger partial charge is 0.0920 e. The molecular formula is C56H45Cl2F12SiZr-3. The fourth-order valence-electron chi connectivity index (χ4n) is 8.66. The van der Waals surface area contributed by atoms with Crippen LogP contribution in [0, 0.1) is 19.9 Å². The largest absolute Gasteiger partial charge is 0.184 e. The van der Waals surface area contributed by atoms with Gasteiger partial charge >= 0.3 is 62.6 Å². The van der Waals surface area contributed by atoms with Crippen molar-refractivity contribution in [2.45, 2.75) is 90.9 Å². The molecule has 0 saturated carbocycles. The Kier molecular flexibility index (Phi) is 16.8. The summed E-state index contributed by atoms with van der Waals surface area (Å²) in [7, 11) is 10.7. The van der Waals surface area contributed by atoms with Gasteiger partial charge < -0.3 is 0 Å². The monoisotopic (exact) mass is 1130 g/mol. The molecule has 9 rings (SSSR count). The molecule has 378 valence electrons. The van der Waals surface area contributed by atoms with Crippen LogP contribution in [-0.2, 0) is 56.4 Å². The fraction of sp³-hybridized carbons (Fsp3) is 0.250. The number of alkyl halides is 12. The second-order valence-corrected chi connectivity index (χ2v) is 24.4. The summed E-state index contributed by atoms with van der Waals surface area (Å²) in [5.74, 6) is 0. The Morgan fingerprint density at radius 2 is 0.833 bits per heavy atom. The second-order valence-electron chi connectivity index (χ2n) is 19.3. The van der Waals surface area contributed by atoms with Gasteiger partial charge in [0.2, 0.25) is 0 Å². The first-order valence-electron chi connectivity index (χ1n) is 22.1. The summed E-state index contributed by atoms with van der Waals surface area (Å²) in [5.41, 5.74) is 0.430. The van der Waals surface area contributed by atoms with E-state index in [2.05, 4.69) is 42.5 Å². The Hall–Kier alpha value is -4.62. The van der Waals surface area contributed by atoms with Gasteiger partial charge in [-0.15, -0.1) is 74.6 Å². The minimum atomic E-state index is -4.88. The average molecular weight is 1140 g/mol. The SMILES string of the molecule is Cc1cc2c(-c3cc(C(F)(F)F)cc(C(F)(F)F)c3)c(C(C)(C)C)ccc2[cH-]1.Cc1cc2c(-c3cc(C(F)(F)F)cc(C(F)(F)F)c3)c(C(C)(C)C)ccc2[cH-]1.[Cl][Zr][Cl].[c-]1cccc2c1[Si]c1ccccc1-2. The Bertz CT molecular complexity index is 2930. The van der Waals surface area contributed by atoms with Crippen molar-refractivity contribution in [1.29, 1.82) is 0 Å². The van der Waals surface area contributed by atoms with Crippen LogP contribution in [0.4, 0.5) is 52.7 Å². The second kappa shape index (κ2) is 21.3. The summed E-state index contributed by atoms with van der Waals surface area (Å²) in [6, 6.07) is 36.3. The van der Waals surface area contributed by atoms with E-state index in [0.29, 0.717) is 33.0 Å². The van der Waals surface area contributed by atoms with E-state index >= 15 is 0 Å². The van der Waals surface area contributed by atoms with Crippen molar-refractivity contribution in [3.05, 3.63) is 178 Å². The predicted octanol–water partition coefficient (Wildman–Crippen LogP) is 18.2. The van der Waals surface area contributed by atoms with Crippen molar-refractivity contribution in [2.24, 2.45) is 0 Å². The van der Waals surface area contributed by atoms with E-state index in [1.165, 1.54) is 21.5 Å². The van der Waals surface area contributed by atoms with Crippen LogP contribution < -0.4 is 10.4 Å². The van der Waals surface area contributed by atoms with Crippen LogP contribution in [0.5, 0.6) is 0 Å². The number of benzene rings is 6. The summed E-state index contributed by atoms with van der Waals surface area (Å²) in [6.07, 6.45) is -19.5. The number of aryl methyl sites for hydroxylation is 2. The summed E-state index contributed by atoms with van der Waals surface area (Å²) >= 11 is -0.826. The molecule has 1 aliphatic rings. The number of hydrogen-bond acceptors (Lipinski definition) is 0. The zero-order valence-electron chi connectivity index (χ0n) is 39.9. The third-order valence-corrected chi connectivity index (χ3v) is 13.1. The van der Waals surface area contributed by atoms with E-state index in [9.17, 15) is 52.7 Å². The van der Waals surface area contributed by atoms with Crippen LogP contribution in [-0.4, -0.2) is 9.52 Å². The molecule has 72 heavy (non-hydrogen) atoms. The average Bonchev–Trinajstić information content (AvgIpc) is 3.97. The molecule has 0 fully saturated rings. The third-order valence-electron chi connectivity index (χ3n) is 11.8. The molecule has 8 aromatic carbocycles. The van der Waals surface area contributed by atoms with E-state index in [1.54, 1.807) is 24.3 Å². The fourth-order valence-corrected chi connectivity index (χ4v) is 9.97. The van der Waals surface area contributed by atoms with E-state index in [0.717, 1.165) is 55.7 Å². The van der Waals surface area contributed by atoms with Gasteiger partial charge in [0.15, 0.2) is 0 Å². The minimum Gasteiger partial charge on any atom is -0.184 e. The summed E-state index contributed by atoms with van der Waals surface area (Å²) < 4.78 is 160. The number of halogens is 14. The van der Waals surface area contributed by atoms with Crippen molar-refractivity contribution in [3.63, 3.8) is 0 Å². The van der Waals surface area contributed by atoms with Gasteiger partial charge in [0.25, 0.3) is 0 Å². The van der Waals surface area contributed by atoms with Crippen molar-refractivity contribution in [2.75, 3.05) is 0 Å². The molecule has 0 unspecified atom stereocenters. The molecule has 2 radical (unpaired) electrons. The zero-order chi connectivity index (χ0) is 53.5. The van der Waals surface area contributed by atoms with Gasteiger partial charge in [-0.1, -0.05) is 113 Å². The topological polar surface area (TPSA) is 0 Å². The van der Waals surface area contributed by atoms with Crippen LogP contribution in [0.15, 0.2) is 127 Å². The van der Waals surface area contributed by atoms with Gasteiger partial charge in [-0.25, -0.2) is 0 Å². The van der Waals surface area contributed by atoms with Crippen molar-refractivity contribution in [1.82, 2.24) is 0 Å². The zero-order valence-corrected chi connectivity index (χ0v) is 44.9. The van der Waals surface area contributed by atoms with Crippen LogP contribution >= 0.6 is 17.0 Å². The molecule has 0 bridgehead atoms. The van der Waals surface area contributed by atoms with E-state index in [-0.39, 0.29) is 23.3 Å². The first-order chi connectivity index (χ1) is 33.2. The number of hydrogen-bond donors (Lipinski definition) is 0. The van der Waals surface area contributed by atoms with Crippen LogP contribution in [0.25, 0.3) is 54.9 Å². The van der Waals surface area contributed by atoms with Gasteiger partial charge in [-0.2, -0.15) is 94.3 Å². The molecule has 16 heteroatoms. The molecule has 8 aromatic rings. The maximum atomic E-state index is 13.3. The minimum absolute atomic E-state index is 0.0803. The standard InChI is InChI=1S/2C22H19F6.C12H7Si.2ClH.Zr/c2*1-12-7-13-5-6-18(20(2,3)4)19(17(13)8-12)14-9-15(21(23,24)25)11-16(10-14)22(26,27)28;1-3-7-11-9(5-1)10-6-2-4-8-12(10)13-11;;;/h2*5-11H,1-4H3;1-7H;2*1H;/q3*-1;;;+2/p-2. The van der Waals surface area contributed by atoms with E-state index < -0.39 is 78.6 Å². The third kappa shape index (κ3) is 13.2. The normalized spacial score (nSPS) is 12.8. The Morgan fingerprint density at radius 1 is 0.472 bits per heavy atom. The maximum Gasteiger partial charge on any atom is 0.0920 e. The van der Waals surface area contributed by atoms with Crippen molar-refractivity contribution in [3.8, 4) is 33.4 Å². The molecule has 0 aliphatic carbocycles. The molecule has 0 atom stereocenters. The van der Waals surface area contributed by atoms with Crippen LogP contribution in [0.3, 0.4) is 0 Å². The van der Waals surface area contributed by atoms with Gasteiger partial charge in [0.05, 0.1) is 31.8 Å². The predicted molar refractivity (Wildman–Crippen MR) is 264 cm³/mol.